The first kappa shape index (κ1) is 16.2. The Kier molecular flexibility index (Phi) is 5.25. The van der Waals surface area contributed by atoms with Gasteiger partial charge in [-0.2, -0.15) is 4.98 Å². The number of carbonyl (C=O) groups is 1. The molecule has 1 aliphatic heterocycles. The van der Waals surface area contributed by atoms with E-state index >= 15 is 0 Å². The van der Waals surface area contributed by atoms with E-state index in [1.807, 2.05) is 19.1 Å². The van der Waals surface area contributed by atoms with E-state index in [2.05, 4.69) is 44.5 Å². The summed E-state index contributed by atoms with van der Waals surface area (Å²) in [5.74, 6) is 1.59. The molecule has 6 nitrogen and oxygen atoms in total. The number of anilines is 2. The second-order valence-electron chi connectivity index (χ2n) is 5.98. The van der Waals surface area contributed by atoms with E-state index in [0.717, 1.165) is 57.1 Å². The highest BCUT2D eigenvalue weighted by atomic mass is 16.1. The van der Waals surface area contributed by atoms with Crippen LogP contribution in [0, 0.1) is 6.92 Å². The van der Waals surface area contributed by atoms with Gasteiger partial charge < -0.3 is 15.1 Å². The molecule has 126 valence electrons. The molecule has 2 heterocycles. The Morgan fingerprint density at radius 1 is 1.12 bits per heavy atom. The predicted molar refractivity (Wildman–Crippen MR) is 95.3 cm³/mol. The molecule has 0 spiro atoms. The second kappa shape index (κ2) is 7.77. The number of carbonyl (C=O) groups excluding carboxylic acids is 1. The Morgan fingerprint density at radius 2 is 1.88 bits per heavy atom. The van der Waals surface area contributed by atoms with Gasteiger partial charge in [0.05, 0.1) is 0 Å². The van der Waals surface area contributed by atoms with Gasteiger partial charge in [0.15, 0.2) is 0 Å². The van der Waals surface area contributed by atoms with Crippen LogP contribution in [-0.4, -0.2) is 54.0 Å². The number of aromatic nitrogens is 2. The van der Waals surface area contributed by atoms with Gasteiger partial charge in [0.25, 0.3) is 0 Å². The number of hydrogen-bond donors (Lipinski definition) is 1. The van der Waals surface area contributed by atoms with Gasteiger partial charge in [0.2, 0.25) is 12.4 Å². The monoisotopic (exact) mass is 325 g/mol. The van der Waals surface area contributed by atoms with Crippen molar-refractivity contribution in [1.82, 2.24) is 14.9 Å². The van der Waals surface area contributed by atoms with Gasteiger partial charge in [-0.15, -0.1) is 0 Å². The average molecular weight is 325 g/mol. The maximum Gasteiger partial charge on any atom is 0.224 e. The van der Waals surface area contributed by atoms with Crippen molar-refractivity contribution in [3.63, 3.8) is 0 Å². The first-order valence-corrected chi connectivity index (χ1v) is 8.32. The van der Waals surface area contributed by atoms with Crippen LogP contribution < -0.4 is 10.2 Å². The summed E-state index contributed by atoms with van der Waals surface area (Å²) in [6.07, 6.45) is 1.85. The van der Waals surface area contributed by atoms with Crippen LogP contribution in [0.4, 0.5) is 11.8 Å². The Bertz CT molecular complexity index is 668. The first-order chi connectivity index (χ1) is 11.7. The smallest absolute Gasteiger partial charge is 0.224 e. The number of rotatable bonds is 6. The third-order valence-corrected chi connectivity index (χ3v) is 4.17. The number of nitrogens with one attached hydrogen (secondary N) is 1. The fraction of sp³-hybridized carbons (Fsp3) is 0.389. The van der Waals surface area contributed by atoms with Crippen LogP contribution in [0.2, 0.25) is 0 Å². The van der Waals surface area contributed by atoms with Gasteiger partial charge in [-0.3, -0.25) is 4.79 Å². The number of hydrogen-bond acceptors (Lipinski definition) is 5. The number of benzene rings is 1. The van der Waals surface area contributed by atoms with Crippen molar-refractivity contribution in [2.45, 2.75) is 13.3 Å². The van der Waals surface area contributed by atoms with Crippen molar-refractivity contribution >= 4 is 18.2 Å². The summed E-state index contributed by atoms with van der Waals surface area (Å²) in [4.78, 5) is 23.9. The fourth-order valence-corrected chi connectivity index (χ4v) is 2.81. The summed E-state index contributed by atoms with van der Waals surface area (Å²) < 4.78 is 0. The molecule has 0 radical (unpaired) electrons. The maximum absolute atomic E-state index is 10.8. The van der Waals surface area contributed by atoms with Crippen LogP contribution in [0.1, 0.15) is 11.3 Å². The van der Waals surface area contributed by atoms with Crippen LogP contribution in [-0.2, 0) is 11.2 Å². The average Bonchev–Trinajstić information content (AvgIpc) is 2.62. The Hall–Kier alpha value is -2.63. The number of aryl methyl sites for hydroxylation is 1. The van der Waals surface area contributed by atoms with Crippen LogP contribution in [0.15, 0.2) is 36.4 Å². The van der Waals surface area contributed by atoms with E-state index in [1.54, 1.807) is 4.90 Å². The molecule has 6 heteroatoms. The van der Waals surface area contributed by atoms with Gasteiger partial charge in [-0.1, -0.05) is 30.3 Å². The van der Waals surface area contributed by atoms with E-state index in [-0.39, 0.29) is 0 Å². The maximum atomic E-state index is 10.8. The number of piperazine rings is 1. The molecule has 0 bridgehead atoms. The molecule has 1 aromatic carbocycles. The molecule has 1 aromatic heterocycles. The first-order valence-electron chi connectivity index (χ1n) is 8.32. The standard InChI is InChI=1S/C18H23N5O/c1-15-13-17(23-11-9-22(14-24)10-12-23)21-18(20-15)19-8-7-16-5-3-2-4-6-16/h2-6,13-14H,7-12H2,1H3,(H,19,20,21). The van der Waals surface area contributed by atoms with Gasteiger partial charge >= 0.3 is 0 Å². The normalized spacial score (nSPS) is 14.5. The van der Waals surface area contributed by atoms with Gasteiger partial charge in [0.1, 0.15) is 5.82 Å². The third kappa shape index (κ3) is 4.22. The second-order valence-corrected chi connectivity index (χ2v) is 5.98. The molecule has 2 aromatic rings. The minimum atomic E-state index is 0.666. The zero-order valence-electron chi connectivity index (χ0n) is 14.0. The number of amides is 1. The topological polar surface area (TPSA) is 61.4 Å². The van der Waals surface area contributed by atoms with Gasteiger partial charge in [0, 0.05) is 44.5 Å². The predicted octanol–water partition coefficient (Wildman–Crippen LogP) is 1.72. The van der Waals surface area contributed by atoms with Crippen molar-refractivity contribution in [3.8, 4) is 0 Å². The van der Waals surface area contributed by atoms with E-state index in [1.165, 1.54) is 5.56 Å². The van der Waals surface area contributed by atoms with Crippen molar-refractivity contribution < 1.29 is 4.79 Å². The zero-order valence-corrected chi connectivity index (χ0v) is 14.0. The quantitative estimate of drug-likeness (QED) is 0.820. The molecular weight excluding hydrogens is 302 g/mol. The lowest BCUT2D eigenvalue weighted by Gasteiger charge is -2.33. The minimum Gasteiger partial charge on any atom is -0.354 e. The largest absolute Gasteiger partial charge is 0.354 e. The SMILES string of the molecule is Cc1cc(N2CCN(C=O)CC2)nc(NCCc2ccccc2)n1. The van der Waals surface area contributed by atoms with Crippen molar-refractivity contribution in [2.24, 2.45) is 0 Å². The third-order valence-electron chi connectivity index (χ3n) is 4.17. The molecule has 1 fully saturated rings. The molecule has 1 aliphatic rings. The lowest BCUT2D eigenvalue weighted by molar-refractivity contribution is -0.118. The minimum absolute atomic E-state index is 0.666. The Morgan fingerprint density at radius 3 is 2.58 bits per heavy atom. The fourth-order valence-electron chi connectivity index (χ4n) is 2.81. The van der Waals surface area contributed by atoms with Crippen molar-refractivity contribution in [2.75, 3.05) is 42.9 Å². The molecule has 1 saturated heterocycles. The lowest BCUT2D eigenvalue weighted by Crippen LogP contribution is -2.46. The van der Waals surface area contributed by atoms with Crippen LogP contribution in [0.25, 0.3) is 0 Å². The summed E-state index contributed by atoms with van der Waals surface area (Å²) in [7, 11) is 0. The molecule has 1 amide bonds. The highest BCUT2D eigenvalue weighted by Crippen LogP contribution is 2.16. The van der Waals surface area contributed by atoms with E-state index < -0.39 is 0 Å². The molecule has 0 saturated carbocycles. The highest BCUT2D eigenvalue weighted by Gasteiger charge is 2.17. The molecule has 3 rings (SSSR count). The van der Waals surface area contributed by atoms with Crippen molar-refractivity contribution in [3.05, 3.63) is 47.7 Å². The molecule has 0 aliphatic carbocycles. The van der Waals surface area contributed by atoms with E-state index in [4.69, 9.17) is 0 Å². The van der Waals surface area contributed by atoms with Crippen LogP contribution in [0.3, 0.4) is 0 Å². The van der Waals surface area contributed by atoms with E-state index in [0.29, 0.717) is 5.95 Å². The Labute approximate surface area is 142 Å². The molecule has 24 heavy (non-hydrogen) atoms. The van der Waals surface area contributed by atoms with E-state index in [9.17, 15) is 4.79 Å². The summed E-state index contributed by atoms with van der Waals surface area (Å²) in [5.41, 5.74) is 2.24. The lowest BCUT2D eigenvalue weighted by atomic mass is 10.1. The summed E-state index contributed by atoms with van der Waals surface area (Å²) in [6, 6.07) is 12.4. The molecule has 0 atom stereocenters. The van der Waals surface area contributed by atoms with Crippen molar-refractivity contribution in [1.29, 1.82) is 0 Å². The van der Waals surface area contributed by atoms with Crippen LogP contribution in [0.5, 0.6) is 0 Å². The molecular formula is C18H23N5O. The van der Waals surface area contributed by atoms with Gasteiger partial charge in [-0.05, 0) is 18.9 Å². The summed E-state index contributed by atoms with van der Waals surface area (Å²) in [5, 5.41) is 3.32. The zero-order chi connectivity index (χ0) is 16.8. The Balaban J connectivity index is 1.60. The van der Waals surface area contributed by atoms with Gasteiger partial charge in [-0.25, -0.2) is 4.98 Å². The highest BCUT2D eigenvalue weighted by molar-refractivity contribution is 5.50. The summed E-state index contributed by atoms with van der Waals surface area (Å²) >= 11 is 0. The number of nitrogens with zero attached hydrogens (tertiary/aromatic N) is 4. The summed E-state index contributed by atoms with van der Waals surface area (Å²) in [6.45, 7) is 5.87. The molecule has 1 N–H and O–H groups in total. The van der Waals surface area contributed by atoms with Crippen LogP contribution >= 0.6 is 0 Å². The molecule has 0 unspecified atom stereocenters.